The first kappa shape index (κ1) is 16.4. The molecule has 0 atom stereocenters. The van der Waals surface area contributed by atoms with Crippen molar-refractivity contribution < 1.29 is 14.3 Å². The number of hydrogen-bond donors (Lipinski definition) is 2. The maximum atomic E-state index is 12.5. The summed E-state index contributed by atoms with van der Waals surface area (Å²) in [6.07, 6.45) is 1.21. The largest absolute Gasteiger partial charge is 0.450 e. The summed E-state index contributed by atoms with van der Waals surface area (Å²) < 4.78 is 5.01. The van der Waals surface area contributed by atoms with Gasteiger partial charge >= 0.3 is 6.09 Å². The second kappa shape index (κ2) is 6.95. The van der Waals surface area contributed by atoms with Gasteiger partial charge in [0.1, 0.15) is 5.69 Å². The number of aromatic amines is 1. The van der Waals surface area contributed by atoms with Crippen LogP contribution in [0.5, 0.6) is 0 Å². The smallest absolute Gasteiger partial charge is 0.409 e. The van der Waals surface area contributed by atoms with Crippen LogP contribution in [0.3, 0.4) is 0 Å². The predicted molar refractivity (Wildman–Crippen MR) is 92.1 cm³/mol. The van der Waals surface area contributed by atoms with Crippen molar-refractivity contribution in [3.05, 3.63) is 35.5 Å². The summed E-state index contributed by atoms with van der Waals surface area (Å²) in [6.45, 7) is 5.42. The van der Waals surface area contributed by atoms with Gasteiger partial charge in [-0.25, -0.2) is 4.79 Å². The molecule has 2 aromatic rings. The molecule has 1 aliphatic heterocycles. The molecule has 2 heterocycles. The van der Waals surface area contributed by atoms with Crippen LogP contribution >= 0.6 is 0 Å². The summed E-state index contributed by atoms with van der Waals surface area (Å²) in [5.41, 5.74) is 2.70. The first-order valence-electron chi connectivity index (χ1n) is 8.39. The fourth-order valence-corrected chi connectivity index (χ4v) is 3.11. The Hall–Kier alpha value is -2.50. The summed E-state index contributed by atoms with van der Waals surface area (Å²) >= 11 is 0. The number of piperidine rings is 1. The van der Waals surface area contributed by atoms with E-state index in [2.05, 4.69) is 10.3 Å². The van der Waals surface area contributed by atoms with Crippen molar-refractivity contribution in [1.82, 2.24) is 15.2 Å². The van der Waals surface area contributed by atoms with E-state index in [0.29, 0.717) is 25.4 Å². The molecule has 1 aliphatic rings. The lowest BCUT2D eigenvalue weighted by molar-refractivity contribution is 0.0857. The van der Waals surface area contributed by atoms with Crippen molar-refractivity contribution in [3.8, 4) is 0 Å². The molecular formula is C18H23N3O3. The Morgan fingerprint density at radius 1 is 1.33 bits per heavy atom. The Balaban J connectivity index is 1.59. The Bertz CT molecular complexity index is 745. The first-order valence-corrected chi connectivity index (χ1v) is 8.39. The molecule has 2 amide bonds. The van der Waals surface area contributed by atoms with Crippen molar-refractivity contribution in [1.29, 1.82) is 0 Å². The molecule has 6 nitrogen and oxygen atoms in total. The Kier molecular flexibility index (Phi) is 4.74. The van der Waals surface area contributed by atoms with E-state index in [-0.39, 0.29) is 18.0 Å². The predicted octanol–water partition coefficient (Wildman–Crippen LogP) is 2.83. The molecule has 1 fully saturated rings. The topological polar surface area (TPSA) is 74.4 Å². The maximum absolute atomic E-state index is 12.5. The van der Waals surface area contributed by atoms with Crippen molar-refractivity contribution in [3.63, 3.8) is 0 Å². The zero-order valence-corrected chi connectivity index (χ0v) is 14.1. The van der Waals surface area contributed by atoms with Gasteiger partial charge in [0.25, 0.3) is 5.91 Å². The van der Waals surface area contributed by atoms with Crippen LogP contribution in [0.2, 0.25) is 0 Å². The van der Waals surface area contributed by atoms with Crippen LogP contribution in [0, 0.1) is 6.92 Å². The van der Waals surface area contributed by atoms with E-state index >= 15 is 0 Å². The van der Waals surface area contributed by atoms with E-state index in [1.54, 1.807) is 11.8 Å². The van der Waals surface area contributed by atoms with Gasteiger partial charge in [0.2, 0.25) is 0 Å². The highest BCUT2D eigenvalue weighted by Crippen LogP contribution is 2.19. The number of likely N-dealkylation sites (tertiary alicyclic amines) is 1. The molecule has 6 heteroatoms. The number of fused-ring (bicyclic) bond motifs is 1. The third-order valence-electron chi connectivity index (χ3n) is 4.47. The molecule has 1 aromatic heterocycles. The molecular weight excluding hydrogens is 306 g/mol. The number of benzene rings is 1. The number of ether oxygens (including phenoxy) is 1. The molecule has 0 unspecified atom stereocenters. The van der Waals surface area contributed by atoms with Gasteiger partial charge in [-0.1, -0.05) is 18.2 Å². The van der Waals surface area contributed by atoms with Crippen LogP contribution in [0.4, 0.5) is 4.79 Å². The molecule has 0 bridgehead atoms. The molecule has 0 saturated carbocycles. The Morgan fingerprint density at radius 2 is 2.08 bits per heavy atom. The number of H-pyrrole nitrogens is 1. The summed E-state index contributed by atoms with van der Waals surface area (Å²) in [5.74, 6) is -0.0971. The van der Waals surface area contributed by atoms with Crippen molar-refractivity contribution >= 4 is 22.9 Å². The number of aryl methyl sites for hydroxylation is 1. The van der Waals surface area contributed by atoms with Crippen LogP contribution in [0.15, 0.2) is 24.3 Å². The van der Waals surface area contributed by atoms with Gasteiger partial charge in [0.15, 0.2) is 0 Å². The quantitative estimate of drug-likeness (QED) is 0.909. The zero-order valence-electron chi connectivity index (χ0n) is 14.1. The van der Waals surface area contributed by atoms with E-state index < -0.39 is 0 Å². The summed E-state index contributed by atoms with van der Waals surface area (Å²) in [7, 11) is 0. The van der Waals surface area contributed by atoms with Crippen molar-refractivity contribution in [2.24, 2.45) is 0 Å². The van der Waals surface area contributed by atoms with Gasteiger partial charge in [-0.3, -0.25) is 4.79 Å². The number of carbonyl (C=O) groups excluding carboxylic acids is 2. The normalized spacial score (nSPS) is 15.5. The average molecular weight is 329 g/mol. The summed E-state index contributed by atoms with van der Waals surface area (Å²) in [6, 6.07) is 7.96. The highest BCUT2D eigenvalue weighted by molar-refractivity contribution is 5.98. The molecule has 2 N–H and O–H groups in total. The number of hydrogen-bond acceptors (Lipinski definition) is 3. The van der Waals surface area contributed by atoms with Crippen LogP contribution in [-0.2, 0) is 4.74 Å². The number of aromatic nitrogens is 1. The van der Waals surface area contributed by atoms with E-state index in [1.807, 2.05) is 31.2 Å². The monoisotopic (exact) mass is 329 g/mol. The number of nitrogens with zero attached hydrogens (tertiary/aromatic N) is 1. The Labute approximate surface area is 141 Å². The molecule has 0 spiro atoms. The number of carbonyl (C=O) groups is 2. The number of rotatable bonds is 3. The molecule has 0 aliphatic carbocycles. The number of nitrogens with one attached hydrogen (secondary N) is 2. The second-order valence-electron chi connectivity index (χ2n) is 6.16. The molecule has 3 rings (SSSR count). The summed E-state index contributed by atoms with van der Waals surface area (Å²) in [5, 5.41) is 4.10. The van der Waals surface area contributed by atoms with Gasteiger partial charge in [-0.05, 0) is 38.3 Å². The van der Waals surface area contributed by atoms with Gasteiger partial charge in [-0.15, -0.1) is 0 Å². The van der Waals surface area contributed by atoms with E-state index in [4.69, 9.17) is 4.74 Å². The van der Waals surface area contributed by atoms with E-state index in [9.17, 15) is 9.59 Å². The lowest BCUT2D eigenvalue weighted by atomic mass is 10.1. The average Bonchev–Trinajstić information content (AvgIpc) is 3.01. The molecule has 0 radical (unpaired) electrons. The molecule has 1 aromatic carbocycles. The second-order valence-corrected chi connectivity index (χ2v) is 6.16. The molecule has 24 heavy (non-hydrogen) atoms. The van der Waals surface area contributed by atoms with Crippen molar-refractivity contribution in [2.75, 3.05) is 19.7 Å². The zero-order chi connectivity index (χ0) is 17.1. The third-order valence-corrected chi connectivity index (χ3v) is 4.47. The number of para-hydroxylation sites is 1. The van der Waals surface area contributed by atoms with E-state index in [0.717, 1.165) is 29.3 Å². The fraction of sp³-hybridized carbons (Fsp3) is 0.444. The van der Waals surface area contributed by atoms with Crippen LogP contribution in [0.25, 0.3) is 10.9 Å². The number of amides is 2. The molecule has 1 saturated heterocycles. The maximum Gasteiger partial charge on any atom is 0.409 e. The van der Waals surface area contributed by atoms with Gasteiger partial charge in [-0.2, -0.15) is 0 Å². The van der Waals surface area contributed by atoms with Gasteiger partial charge in [0.05, 0.1) is 6.61 Å². The Morgan fingerprint density at radius 3 is 2.75 bits per heavy atom. The molecule has 128 valence electrons. The van der Waals surface area contributed by atoms with Gasteiger partial charge < -0.3 is 19.9 Å². The first-order chi connectivity index (χ1) is 11.6. The highest BCUT2D eigenvalue weighted by Gasteiger charge is 2.25. The SMILES string of the molecule is CCOC(=O)N1CCC(NC(=O)c2cc3cccc(C)c3[nH]2)CC1. The van der Waals surface area contributed by atoms with Crippen LogP contribution in [-0.4, -0.2) is 47.6 Å². The lowest BCUT2D eigenvalue weighted by Gasteiger charge is -2.31. The highest BCUT2D eigenvalue weighted by atomic mass is 16.6. The lowest BCUT2D eigenvalue weighted by Crippen LogP contribution is -2.46. The third kappa shape index (κ3) is 3.37. The van der Waals surface area contributed by atoms with Crippen LogP contribution in [0.1, 0.15) is 35.8 Å². The minimum absolute atomic E-state index is 0.0793. The van der Waals surface area contributed by atoms with Crippen molar-refractivity contribution in [2.45, 2.75) is 32.7 Å². The minimum Gasteiger partial charge on any atom is -0.450 e. The minimum atomic E-state index is -0.270. The van der Waals surface area contributed by atoms with E-state index in [1.165, 1.54) is 0 Å². The fourth-order valence-electron chi connectivity index (χ4n) is 3.11. The van der Waals surface area contributed by atoms with Gasteiger partial charge in [0, 0.05) is 30.0 Å². The standard InChI is InChI=1S/C18H23N3O3/c1-3-24-18(23)21-9-7-14(8-10-21)19-17(22)15-11-13-6-4-5-12(2)16(13)20-15/h4-6,11,14,20H,3,7-10H2,1-2H3,(H,19,22). The summed E-state index contributed by atoms with van der Waals surface area (Å²) in [4.78, 5) is 29.0. The van der Waals surface area contributed by atoms with Crippen LogP contribution < -0.4 is 5.32 Å².